The monoisotopic (exact) mass is 323 g/mol. The molecule has 6 heteroatoms. The quantitative estimate of drug-likeness (QED) is 0.843. The van der Waals surface area contributed by atoms with Gasteiger partial charge < -0.3 is 5.11 Å². The van der Waals surface area contributed by atoms with Crippen LogP contribution in [0.5, 0.6) is 0 Å². The molecule has 3 rings (SSSR count). The summed E-state index contributed by atoms with van der Waals surface area (Å²) in [6, 6.07) is 4.68. The van der Waals surface area contributed by atoms with E-state index in [1.807, 2.05) is 0 Å². The molecule has 0 radical (unpaired) electrons. The van der Waals surface area contributed by atoms with E-state index in [4.69, 9.17) is 5.11 Å². The van der Waals surface area contributed by atoms with Crippen LogP contribution >= 0.6 is 15.9 Å². The number of hydrogen-bond acceptors (Lipinski definition) is 3. The molecule has 0 aromatic heterocycles. The molecule has 0 saturated heterocycles. The highest BCUT2D eigenvalue weighted by Crippen LogP contribution is 2.37. The van der Waals surface area contributed by atoms with E-state index in [2.05, 4.69) is 15.9 Å². The van der Waals surface area contributed by atoms with Crippen LogP contribution in [0.3, 0.4) is 0 Å². The molecule has 0 unspecified atom stereocenters. The van der Waals surface area contributed by atoms with Gasteiger partial charge in [-0.25, -0.2) is 0 Å². The van der Waals surface area contributed by atoms with Gasteiger partial charge in [-0.15, -0.1) is 0 Å². The number of halogens is 1. The Morgan fingerprint density at radius 1 is 1.21 bits per heavy atom. The molecule has 2 amide bonds. The van der Waals surface area contributed by atoms with Crippen molar-refractivity contribution in [2.45, 2.75) is 18.9 Å². The lowest BCUT2D eigenvalue weighted by Crippen LogP contribution is -2.49. The highest BCUT2D eigenvalue weighted by molar-refractivity contribution is 9.10. The number of amides is 2. The van der Waals surface area contributed by atoms with E-state index in [-0.39, 0.29) is 17.9 Å². The summed E-state index contributed by atoms with van der Waals surface area (Å²) >= 11 is 3.27. The van der Waals surface area contributed by atoms with E-state index < -0.39 is 11.9 Å². The van der Waals surface area contributed by atoms with E-state index in [1.54, 1.807) is 18.2 Å². The van der Waals surface area contributed by atoms with Gasteiger partial charge in [-0.05, 0) is 31.0 Å². The van der Waals surface area contributed by atoms with Gasteiger partial charge in [-0.2, -0.15) is 0 Å². The molecule has 19 heavy (non-hydrogen) atoms. The third-order valence-electron chi connectivity index (χ3n) is 3.71. The van der Waals surface area contributed by atoms with Crippen molar-refractivity contribution in [1.82, 2.24) is 4.90 Å². The molecule has 1 N–H and O–H groups in total. The van der Waals surface area contributed by atoms with Crippen LogP contribution in [0.25, 0.3) is 0 Å². The van der Waals surface area contributed by atoms with E-state index in [9.17, 15) is 14.4 Å². The minimum Gasteiger partial charge on any atom is -0.481 e. The molecular weight excluding hydrogens is 314 g/mol. The SMILES string of the molecule is O=C(O)C1CC(N2C(=O)c3ccc(Br)cc3C2=O)C1. The Labute approximate surface area is 117 Å². The molecule has 0 atom stereocenters. The van der Waals surface area contributed by atoms with Crippen LogP contribution in [0.15, 0.2) is 22.7 Å². The normalized spacial score (nSPS) is 25.2. The molecule has 98 valence electrons. The molecule has 1 aliphatic heterocycles. The van der Waals surface area contributed by atoms with Crippen molar-refractivity contribution < 1.29 is 19.5 Å². The number of rotatable bonds is 2. The maximum atomic E-state index is 12.2. The van der Waals surface area contributed by atoms with Crippen LogP contribution in [0, 0.1) is 5.92 Å². The molecule has 1 aliphatic carbocycles. The fraction of sp³-hybridized carbons (Fsp3) is 0.308. The summed E-state index contributed by atoms with van der Waals surface area (Å²) in [7, 11) is 0. The number of benzene rings is 1. The minimum atomic E-state index is -0.865. The number of carboxylic acid groups (broad SMARTS) is 1. The van der Waals surface area contributed by atoms with Crippen molar-refractivity contribution in [2.75, 3.05) is 0 Å². The summed E-state index contributed by atoms with van der Waals surface area (Å²) in [5, 5.41) is 8.84. The van der Waals surface area contributed by atoms with Crippen molar-refractivity contribution in [2.24, 2.45) is 5.92 Å². The Balaban J connectivity index is 1.86. The standard InChI is InChI=1S/C13H10BrNO4/c14-7-1-2-9-10(5-7)12(17)15(11(9)16)8-3-6(4-8)13(18)19/h1-2,5-6,8H,3-4H2,(H,18,19). The Morgan fingerprint density at radius 3 is 2.47 bits per heavy atom. The second kappa shape index (κ2) is 4.16. The maximum Gasteiger partial charge on any atom is 0.306 e. The van der Waals surface area contributed by atoms with Crippen molar-refractivity contribution in [1.29, 1.82) is 0 Å². The largest absolute Gasteiger partial charge is 0.481 e. The van der Waals surface area contributed by atoms with Gasteiger partial charge in [0.15, 0.2) is 0 Å². The molecule has 1 aromatic carbocycles. The zero-order chi connectivity index (χ0) is 13.7. The van der Waals surface area contributed by atoms with Crippen LogP contribution in [-0.4, -0.2) is 33.8 Å². The van der Waals surface area contributed by atoms with E-state index in [0.717, 1.165) is 4.47 Å². The zero-order valence-electron chi connectivity index (χ0n) is 9.80. The number of hydrogen-bond donors (Lipinski definition) is 1. The third kappa shape index (κ3) is 1.78. The van der Waals surface area contributed by atoms with Gasteiger partial charge in [-0.3, -0.25) is 19.3 Å². The lowest BCUT2D eigenvalue weighted by Gasteiger charge is -2.37. The van der Waals surface area contributed by atoms with Crippen molar-refractivity contribution in [3.05, 3.63) is 33.8 Å². The lowest BCUT2D eigenvalue weighted by atomic mass is 9.79. The summed E-state index contributed by atoms with van der Waals surface area (Å²) in [5.41, 5.74) is 0.783. The number of carboxylic acids is 1. The first-order valence-corrected chi connectivity index (χ1v) is 6.68. The van der Waals surface area contributed by atoms with Gasteiger partial charge in [0.25, 0.3) is 11.8 Å². The molecule has 5 nitrogen and oxygen atoms in total. The highest BCUT2D eigenvalue weighted by Gasteiger charge is 2.46. The summed E-state index contributed by atoms with van der Waals surface area (Å²) in [5.74, 6) is -1.95. The molecule has 0 spiro atoms. The number of imide groups is 1. The molecule has 2 aliphatic rings. The Hall–Kier alpha value is -1.69. The van der Waals surface area contributed by atoms with Gasteiger partial charge in [0, 0.05) is 10.5 Å². The van der Waals surface area contributed by atoms with Crippen molar-refractivity contribution >= 4 is 33.7 Å². The lowest BCUT2D eigenvalue weighted by molar-refractivity contribution is -0.146. The van der Waals surface area contributed by atoms with Crippen molar-refractivity contribution in [3.63, 3.8) is 0 Å². The fourth-order valence-corrected chi connectivity index (χ4v) is 2.92. The second-order valence-corrected chi connectivity index (χ2v) is 5.75. The zero-order valence-corrected chi connectivity index (χ0v) is 11.4. The average molecular weight is 324 g/mol. The molecule has 0 bridgehead atoms. The first-order valence-electron chi connectivity index (χ1n) is 5.89. The van der Waals surface area contributed by atoms with Crippen LogP contribution in [0.1, 0.15) is 33.6 Å². The van der Waals surface area contributed by atoms with Crippen LogP contribution < -0.4 is 0 Å². The van der Waals surface area contributed by atoms with Gasteiger partial charge in [-0.1, -0.05) is 15.9 Å². The molecule has 1 heterocycles. The fourth-order valence-electron chi connectivity index (χ4n) is 2.56. The number of fused-ring (bicyclic) bond motifs is 1. The summed E-state index contributed by atoms with van der Waals surface area (Å²) in [6.07, 6.45) is 0.698. The van der Waals surface area contributed by atoms with Crippen molar-refractivity contribution in [3.8, 4) is 0 Å². The van der Waals surface area contributed by atoms with E-state index >= 15 is 0 Å². The molecule has 1 saturated carbocycles. The predicted molar refractivity (Wildman–Crippen MR) is 68.8 cm³/mol. The smallest absolute Gasteiger partial charge is 0.306 e. The number of carbonyl (C=O) groups is 3. The average Bonchev–Trinajstić information content (AvgIpc) is 2.52. The van der Waals surface area contributed by atoms with Gasteiger partial charge in [0.2, 0.25) is 0 Å². The van der Waals surface area contributed by atoms with E-state index in [1.165, 1.54) is 4.90 Å². The van der Waals surface area contributed by atoms with Crippen LogP contribution in [-0.2, 0) is 4.79 Å². The summed E-state index contributed by atoms with van der Waals surface area (Å²) in [4.78, 5) is 36.4. The maximum absolute atomic E-state index is 12.2. The highest BCUT2D eigenvalue weighted by atomic mass is 79.9. The van der Waals surface area contributed by atoms with E-state index in [0.29, 0.717) is 24.0 Å². The first kappa shape index (κ1) is 12.3. The summed E-state index contributed by atoms with van der Waals surface area (Å²) in [6.45, 7) is 0. The first-order chi connectivity index (χ1) is 8.99. The third-order valence-corrected chi connectivity index (χ3v) is 4.20. The van der Waals surface area contributed by atoms with Gasteiger partial charge in [0.05, 0.1) is 17.0 Å². The topological polar surface area (TPSA) is 74.7 Å². The molecule has 1 fully saturated rings. The minimum absolute atomic E-state index is 0.285. The molecule has 1 aromatic rings. The number of aliphatic carboxylic acids is 1. The van der Waals surface area contributed by atoms with Crippen LogP contribution in [0.2, 0.25) is 0 Å². The predicted octanol–water partition coefficient (Wildman–Crippen LogP) is 1.91. The molecular formula is C13H10BrNO4. The number of nitrogens with zero attached hydrogens (tertiary/aromatic N) is 1. The summed E-state index contributed by atoms with van der Waals surface area (Å²) < 4.78 is 0.742. The Morgan fingerprint density at radius 2 is 1.84 bits per heavy atom. The number of carbonyl (C=O) groups excluding carboxylic acids is 2. The van der Waals surface area contributed by atoms with Gasteiger partial charge >= 0.3 is 5.97 Å². The van der Waals surface area contributed by atoms with Crippen LogP contribution in [0.4, 0.5) is 0 Å². The Bertz CT molecular complexity index is 607. The van der Waals surface area contributed by atoms with Gasteiger partial charge in [0.1, 0.15) is 0 Å². The second-order valence-electron chi connectivity index (χ2n) is 4.83. The Kier molecular flexibility index (Phi) is 2.70.